The van der Waals surface area contributed by atoms with Gasteiger partial charge in [-0.1, -0.05) is 29.3 Å². The molecule has 0 saturated heterocycles. The van der Waals surface area contributed by atoms with Crippen LogP contribution >= 0.6 is 23.2 Å². The lowest BCUT2D eigenvalue weighted by molar-refractivity contribution is -0.142. The molecular formula is C16H17Cl2N3O5. The normalized spacial score (nSPS) is 10.6. The van der Waals surface area contributed by atoms with Gasteiger partial charge in [0.15, 0.2) is 0 Å². The number of nitrogens with one attached hydrogen (secondary N) is 2. The van der Waals surface area contributed by atoms with Gasteiger partial charge in [-0.15, -0.1) is 0 Å². The van der Waals surface area contributed by atoms with Crippen molar-refractivity contribution in [3.63, 3.8) is 0 Å². The number of halogens is 2. The standard InChI is InChI=1S/C16H17Cl2N3O5/c1-10(22)26-5-4-25-9-21-8-14(15(23)20-16(21)24)19-7-11-2-3-12(17)6-13(11)18/h2-3,6,8,19H,4-5,7,9H2,1H3,(H,20,23,24). The molecule has 1 aromatic heterocycles. The summed E-state index contributed by atoms with van der Waals surface area (Å²) < 4.78 is 11.1. The predicted octanol–water partition coefficient (Wildman–Crippen LogP) is 1.99. The van der Waals surface area contributed by atoms with Crippen LogP contribution in [0.2, 0.25) is 10.0 Å². The van der Waals surface area contributed by atoms with Crippen molar-refractivity contribution in [3.8, 4) is 0 Å². The van der Waals surface area contributed by atoms with Gasteiger partial charge in [0.1, 0.15) is 19.0 Å². The highest BCUT2D eigenvalue weighted by molar-refractivity contribution is 6.35. The molecule has 0 radical (unpaired) electrons. The van der Waals surface area contributed by atoms with Crippen LogP contribution in [0.15, 0.2) is 34.0 Å². The zero-order valence-corrected chi connectivity index (χ0v) is 15.4. The highest BCUT2D eigenvalue weighted by Crippen LogP contribution is 2.21. The highest BCUT2D eigenvalue weighted by Gasteiger charge is 2.07. The Bertz CT molecular complexity index is 894. The highest BCUT2D eigenvalue weighted by atomic mass is 35.5. The van der Waals surface area contributed by atoms with E-state index in [-0.39, 0.29) is 32.2 Å². The fourth-order valence-electron chi connectivity index (χ4n) is 1.99. The van der Waals surface area contributed by atoms with Crippen LogP contribution in [0.4, 0.5) is 5.69 Å². The van der Waals surface area contributed by atoms with E-state index < -0.39 is 17.2 Å². The summed E-state index contributed by atoms with van der Waals surface area (Å²) in [7, 11) is 0. The summed E-state index contributed by atoms with van der Waals surface area (Å²) >= 11 is 11.9. The molecule has 140 valence electrons. The molecule has 2 rings (SSSR count). The fourth-order valence-corrected chi connectivity index (χ4v) is 2.47. The van der Waals surface area contributed by atoms with Gasteiger partial charge in [-0.2, -0.15) is 0 Å². The molecule has 0 fully saturated rings. The maximum Gasteiger partial charge on any atom is 0.330 e. The molecule has 0 amide bonds. The lowest BCUT2D eigenvalue weighted by Gasteiger charge is -2.11. The van der Waals surface area contributed by atoms with E-state index in [1.807, 2.05) is 0 Å². The van der Waals surface area contributed by atoms with E-state index >= 15 is 0 Å². The number of H-pyrrole nitrogens is 1. The lowest BCUT2D eigenvalue weighted by atomic mass is 10.2. The molecule has 0 bridgehead atoms. The van der Waals surface area contributed by atoms with Gasteiger partial charge < -0.3 is 14.8 Å². The number of hydrogen-bond donors (Lipinski definition) is 2. The Morgan fingerprint density at radius 2 is 2.04 bits per heavy atom. The lowest BCUT2D eigenvalue weighted by Crippen LogP contribution is -2.32. The van der Waals surface area contributed by atoms with Gasteiger partial charge in [0.05, 0.1) is 6.61 Å². The van der Waals surface area contributed by atoms with E-state index in [0.29, 0.717) is 10.0 Å². The Labute approximate surface area is 158 Å². The van der Waals surface area contributed by atoms with E-state index in [1.165, 1.54) is 17.7 Å². The topological polar surface area (TPSA) is 102 Å². The van der Waals surface area contributed by atoms with E-state index in [4.69, 9.17) is 32.7 Å². The molecule has 0 atom stereocenters. The average molecular weight is 402 g/mol. The minimum Gasteiger partial charge on any atom is -0.463 e. The van der Waals surface area contributed by atoms with Crippen molar-refractivity contribution in [2.45, 2.75) is 20.2 Å². The maximum atomic E-state index is 11.9. The van der Waals surface area contributed by atoms with Crippen molar-refractivity contribution in [3.05, 3.63) is 60.8 Å². The summed E-state index contributed by atoms with van der Waals surface area (Å²) in [5.41, 5.74) is -0.251. The van der Waals surface area contributed by atoms with Gasteiger partial charge >= 0.3 is 11.7 Å². The Balaban J connectivity index is 2.01. The number of anilines is 1. The number of nitrogens with zero attached hydrogens (tertiary/aromatic N) is 1. The number of hydrogen-bond acceptors (Lipinski definition) is 6. The van der Waals surface area contributed by atoms with Crippen LogP contribution in [-0.2, 0) is 27.5 Å². The summed E-state index contributed by atoms with van der Waals surface area (Å²) in [4.78, 5) is 36.6. The molecule has 0 unspecified atom stereocenters. The average Bonchev–Trinajstić information content (AvgIpc) is 2.56. The number of aromatic amines is 1. The number of carbonyl (C=O) groups is 1. The number of ether oxygens (including phenoxy) is 2. The van der Waals surface area contributed by atoms with Crippen molar-refractivity contribution >= 4 is 34.9 Å². The van der Waals surface area contributed by atoms with E-state index in [2.05, 4.69) is 10.3 Å². The third-order valence-electron chi connectivity index (χ3n) is 3.26. The summed E-state index contributed by atoms with van der Waals surface area (Å²) in [5.74, 6) is -0.415. The Hall–Kier alpha value is -2.29. The monoisotopic (exact) mass is 401 g/mol. The first-order chi connectivity index (χ1) is 12.4. The second kappa shape index (κ2) is 9.42. The Morgan fingerprint density at radius 3 is 2.73 bits per heavy atom. The Kier molecular flexibility index (Phi) is 7.26. The molecule has 26 heavy (non-hydrogen) atoms. The number of esters is 1. The largest absolute Gasteiger partial charge is 0.463 e. The fraction of sp³-hybridized carbons (Fsp3) is 0.312. The second-order valence-corrected chi connectivity index (χ2v) is 6.08. The molecule has 0 aliphatic heterocycles. The summed E-state index contributed by atoms with van der Waals surface area (Å²) in [6, 6.07) is 5.02. The number of benzene rings is 1. The van der Waals surface area contributed by atoms with E-state index in [0.717, 1.165) is 5.56 Å². The van der Waals surface area contributed by atoms with Gasteiger partial charge in [0.25, 0.3) is 5.56 Å². The number of aromatic nitrogens is 2. The van der Waals surface area contributed by atoms with Crippen LogP contribution in [-0.4, -0.2) is 28.7 Å². The van der Waals surface area contributed by atoms with E-state index in [9.17, 15) is 14.4 Å². The molecule has 2 N–H and O–H groups in total. The third kappa shape index (κ3) is 5.91. The molecule has 0 aliphatic carbocycles. The van der Waals surface area contributed by atoms with Crippen molar-refractivity contribution in [2.75, 3.05) is 18.5 Å². The minimum atomic E-state index is -0.613. The molecule has 1 heterocycles. The maximum absolute atomic E-state index is 11.9. The van der Waals surface area contributed by atoms with Crippen molar-refractivity contribution in [2.24, 2.45) is 0 Å². The Morgan fingerprint density at radius 1 is 1.27 bits per heavy atom. The van der Waals surface area contributed by atoms with E-state index in [1.54, 1.807) is 18.2 Å². The molecule has 0 saturated carbocycles. The molecule has 8 nitrogen and oxygen atoms in total. The predicted molar refractivity (Wildman–Crippen MR) is 97.7 cm³/mol. The van der Waals surface area contributed by atoms with Gasteiger partial charge in [-0.05, 0) is 17.7 Å². The third-order valence-corrected chi connectivity index (χ3v) is 3.85. The number of carbonyl (C=O) groups excluding carboxylic acids is 1. The van der Waals surface area contributed by atoms with Crippen molar-refractivity contribution in [1.82, 2.24) is 9.55 Å². The first-order valence-corrected chi connectivity index (χ1v) is 8.35. The SMILES string of the molecule is CC(=O)OCCOCn1cc(NCc2ccc(Cl)cc2Cl)c(=O)[nH]c1=O. The van der Waals surface area contributed by atoms with Crippen LogP contribution < -0.4 is 16.6 Å². The minimum absolute atomic E-state index is 0.0770. The number of rotatable bonds is 8. The van der Waals surface area contributed by atoms with Gasteiger partial charge in [-0.25, -0.2) is 4.79 Å². The summed E-state index contributed by atoms with van der Waals surface area (Å²) in [6.45, 7) is 1.65. The van der Waals surface area contributed by atoms with Gasteiger partial charge in [0.2, 0.25) is 0 Å². The summed E-state index contributed by atoms with van der Waals surface area (Å²) in [6.07, 6.45) is 1.34. The van der Waals surface area contributed by atoms with Crippen molar-refractivity contribution in [1.29, 1.82) is 0 Å². The smallest absolute Gasteiger partial charge is 0.330 e. The second-order valence-electron chi connectivity index (χ2n) is 5.24. The molecule has 0 spiro atoms. The molecule has 10 heteroatoms. The van der Waals surface area contributed by atoms with Gasteiger partial charge in [0, 0.05) is 29.7 Å². The molecule has 2 aromatic rings. The van der Waals surface area contributed by atoms with Crippen LogP contribution in [0.25, 0.3) is 0 Å². The summed E-state index contributed by atoms with van der Waals surface area (Å²) in [5, 5.41) is 3.89. The van der Waals surface area contributed by atoms with Crippen LogP contribution in [0.5, 0.6) is 0 Å². The first-order valence-electron chi connectivity index (χ1n) is 7.59. The zero-order chi connectivity index (χ0) is 19.1. The molecule has 0 aliphatic rings. The van der Waals surface area contributed by atoms with Crippen LogP contribution in [0, 0.1) is 0 Å². The van der Waals surface area contributed by atoms with Gasteiger partial charge in [-0.3, -0.25) is 19.1 Å². The first kappa shape index (κ1) is 20.0. The van der Waals surface area contributed by atoms with Crippen LogP contribution in [0.1, 0.15) is 12.5 Å². The van der Waals surface area contributed by atoms with Crippen LogP contribution in [0.3, 0.4) is 0 Å². The quantitative estimate of drug-likeness (QED) is 0.517. The molecule has 1 aromatic carbocycles. The zero-order valence-electron chi connectivity index (χ0n) is 13.9. The molecular weight excluding hydrogens is 385 g/mol. The van der Waals surface area contributed by atoms with Crippen molar-refractivity contribution < 1.29 is 14.3 Å².